The fourth-order valence-electron chi connectivity index (χ4n) is 2.74. The Kier molecular flexibility index (Phi) is 9.18. The number of carbonyl (C=O) groups excluding carboxylic acids is 1. The van der Waals surface area contributed by atoms with Crippen LogP contribution < -0.4 is 16.0 Å². The van der Waals surface area contributed by atoms with Crippen molar-refractivity contribution in [3.05, 3.63) is 53.9 Å². The molecular weight excluding hydrogens is 380 g/mol. The van der Waals surface area contributed by atoms with Gasteiger partial charge in [-0.2, -0.15) is 5.10 Å². The van der Waals surface area contributed by atoms with Crippen LogP contribution in [-0.2, 0) is 17.8 Å². The van der Waals surface area contributed by atoms with E-state index in [-0.39, 0.29) is 0 Å². The Balaban J connectivity index is 1.83. The molecule has 1 heterocycles. The molecule has 0 atom stereocenters. The van der Waals surface area contributed by atoms with Crippen LogP contribution in [0.25, 0.3) is 0 Å². The monoisotopic (exact) mass is 414 g/mol. The predicted octanol–water partition coefficient (Wildman–Crippen LogP) is 2.90. The van der Waals surface area contributed by atoms with E-state index in [1.54, 1.807) is 6.20 Å². The summed E-state index contributed by atoms with van der Waals surface area (Å²) in [4.78, 5) is 16.4. The van der Waals surface area contributed by atoms with Crippen molar-refractivity contribution in [3.8, 4) is 0 Å². The van der Waals surface area contributed by atoms with E-state index in [1.807, 2.05) is 56.8 Å². The number of ether oxygens (including phenoxy) is 1. The van der Waals surface area contributed by atoms with Gasteiger partial charge in [0, 0.05) is 32.0 Å². The number of nitrogens with zero attached hydrogens (tertiary/aromatic N) is 3. The van der Waals surface area contributed by atoms with Gasteiger partial charge in [-0.3, -0.25) is 4.68 Å². The topological polar surface area (TPSA) is 92.6 Å². The molecule has 0 aliphatic rings. The number of nitrogens with one attached hydrogen (secondary N) is 3. The Morgan fingerprint density at radius 1 is 1.10 bits per heavy atom. The lowest BCUT2D eigenvalue weighted by Crippen LogP contribution is -2.39. The molecule has 3 N–H and O–H groups in total. The molecule has 0 bridgehead atoms. The van der Waals surface area contributed by atoms with Crippen molar-refractivity contribution in [3.63, 3.8) is 0 Å². The normalized spacial score (nSPS) is 11.8. The molecule has 30 heavy (non-hydrogen) atoms. The minimum atomic E-state index is -0.485. The van der Waals surface area contributed by atoms with Crippen LogP contribution in [0.15, 0.2) is 47.7 Å². The number of benzene rings is 1. The molecule has 0 aliphatic carbocycles. The largest absolute Gasteiger partial charge is 0.444 e. The van der Waals surface area contributed by atoms with E-state index < -0.39 is 11.7 Å². The molecule has 0 fully saturated rings. The van der Waals surface area contributed by atoms with Crippen LogP contribution in [-0.4, -0.2) is 47.1 Å². The predicted molar refractivity (Wildman–Crippen MR) is 119 cm³/mol. The van der Waals surface area contributed by atoms with Crippen molar-refractivity contribution in [2.75, 3.05) is 19.6 Å². The number of guanidine groups is 1. The highest BCUT2D eigenvalue weighted by molar-refractivity contribution is 5.79. The molecule has 0 saturated carbocycles. The van der Waals surface area contributed by atoms with Gasteiger partial charge in [0.05, 0.1) is 13.1 Å². The van der Waals surface area contributed by atoms with Crippen molar-refractivity contribution >= 4 is 12.1 Å². The molecule has 2 aromatic rings. The second-order valence-corrected chi connectivity index (χ2v) is 7.88. The van der Waals surface area contributed by atoms with Gasteiger partial charge in [-0.1, -0.05) is 24.3 Å². The summed E-state index contributed by atoms with van der Waals surface area (Å²) >= 11 is 0. The lowest BCUT2D eigenvalue weighted by atomic mass is 10.1. The Labute approximate surface area is 179 Å². The fraction of sp³-hybridized carbons (Fsp3) is 0.500. The maximum Gasteiger partial charge on any atom is 0.407 e. The second-order valence-electron chi connectivity index (χ2n) is 7.88. The van der Waals surface area contributed by atoms with Gasteiger partial charge >= 0.3 is 6.09 Å². The van der Waals surface area contributed by atoms with Gasteiger partial charge in [0.15, 0.2) is 5.96 Å². The quantitative estimate of drug-likeness (QED) is 0.333. The molecule has 164 valence electrons. The molecule has 8 heteroatoms. The molecule has 0 aliphatic heterocycles. The summed E-state index contributed by atoms with van der Waals surface area (Å²) in [7, 11) is 0. The average Bonchev–Trinajstić information content (AvgIpc) is 3.18. The van der Waals surface area contributed by atoms with Gasteiger partial charge in [-0.05, 0) is 51.3 Å². The smallest absolute Gasteiger partial charge is 0.407 e. The van der Waals surface area contributed by atoms with Crippen molar-refractivity contribution in [2.24, 2.45) is 4.99 Å². The Morgan fingerprint density at radius 2 is 1.83 bits per heavy atom. The van der Waals surface area contributed by atoms with Gasteiger partial charge in [0.2, 0.25) is 0 Å². The molecule has 1 amide bonds. The zero-order valence-electron chi connectivity index (χ0n) is 18.4. The van der Waals surface area contributed by atoms with E-state index >= 15 is 0 Å². The maximum atomic E-state index is 11.7. The number of hydrogen-bond donors (Lipinski definition) is 3. The third-order valence-corrected chi connectivity index (χ3v) is 4.08. The number of amides is 1. The summed E-state index contributed by atoms with van der Waals surface area (Å²) in [5.41, 5.74) is 1.88. The van der Waals surface area contributed by atoms with Gasteiger partial charge in [-0.25, -0.2) is 9.79 Å². The van der Waals surface area contributed by atoms with E-state index in [0.717, 1.165) is 31.0 Å². The number of hydrogen-bond acceptors (Lipinski definition) is 4. The average molecular weight is 415 g/mol. The van der Waals surface area contributed by atoms with E-state index in [0.29, 0.717) is 19.6 Å². The van der Waals surface area contributed by atoms with Crippen molar-refractivity contribution in [1.29, 1.82) is 0 Å². The zero-order valence-corrected chi connectivity index (χ0v) is 18.4. The van der Waals surface area contributed by atoms with Crippen LogP contribution in [0.4, 0.5) is 4.79 Å². The summed E-state index contributed by atoms with van der Waals surface area (Å²) < 4.78 is 7.13. The van der Waals surface area contributed by atoms with E-state index in [9.17, 15) is 4.79 Å². The first-order chi connectivity index (χ1) is 14.4. The molecule has 0 spiro atoms. The van der Waals surface area contributed by atoms with E-state index in [1.165, 1.54) is 5.56 Å². The Bertz CT molecular complexity index is 796. The van der Waals surface area contributed by atoms with Crippen LogP contribution in [0, 0.1) is 0 Å². The van der Waals surface area contributed by atoms with Crippen molar-refractivity contribution in [2.45, 2.75) is 52.8 Å². The van der Waals surface area contributed by atoms with Gasteiger partial charge in [-0.15, -0.1) is 0 Å². The van der Waals surface area contributed by atoms with Gasteiger partial charge < -0.3 is 20.7 Å². The van der Waals surface area contributed by atoms with Gasteiger partial charge in [0.1, 0.15) is 5.60 Å². The first-order valence-electron chi connectivity index (χ1n) is 10.4. The Hall–Kier alpha value is -3.03. The molecule has 0 radical (unpaired) electrons. The number of rotatable bonds is 9. The van der Waals surface area contributed by atoms with Crippen molar-refractivity contribution in [1.82, 2.24) is 25.7 Å². The van der Waals surface area contributed by atoms with E-state index in [4.69, 9.17) is 9.73 Å². The second kappa shape index (κ2) is 11.8. The first kappa shape index (κ1) is 23.3. The number of aliphatic imine (C=N–C) groups is 1. The van der Waals surface area contributed by atoms with Crippen LogP contribution in [0.2, 0.25) is 0 Å². The lowest BCUT2D eigenvalue weighted by Gasteiger charge is -2.19. The lowest BCUT2D eigenvalue weighted by molar-refractivity contribution is 0.0527. The third-order valence-electron chi connectivity index (χ3n) is 4.08. The van der Waals surface area contributed by atoms with Crippen LogP contribution in [0.3, 0.4) is 0 Å². The summed E-state index contributed by atoms with van der Waals surface area (Å²) in [5, 5.41) is 13.6. The summed E-state index contributed by atoms with van der Waals surface area (Å²) in [5.74, 6) is 0.753. The molecule has 2 rings (SSSR count). The third kappa shape index (κ3) is 8.98. The highest BCUT2D eigenvalue weighted by Gasteiger charge is 2.15. The molecule has 1 aromatic heterocycles. The first-order valence-corrected chi connectivity index (χ1v) is 10.4. The SMILES string of the molecule is CCNC(=NCc1ccccc1Cn1cccn1)NCCCNC(=O)OC(C)(C)C. The zero-order chi connectivity index (χ0) is 21.8. The van der Waals surface area contributed by atoms with Crippen LogP contribution in [0.1, 0.15) is 45.2 Å². The maximum absolute atomic E-state index is 11.7. The molecule has 0 saturated heterocycles. The minimum Gasteiger partial charge on any atom is -0.444 e. The Morgan fingerprint density at radius 3 is 2.50 bits per heavy atom. The summed E-state index contributed by atoms with van der Waals surface area (Å²) in [6.45, 7) is 10.9. The number of alkyl carbamates (subject to hydrolysis) is 1. The molecule has 1 aromatic carbocycles. The number of aromatic nitrogens is 2. The highest BCUT2D eigenvalue weighted by atomic mass is 16.6. The molecule has 0 unspecified atom stereocenters. The van der Waals surface area contributed by atoms with Gasteiger partial charge in [0.25, 0.3) is 0 Å². The summed E-state index contributed by atoms with van der Waals surface area (Å²) in [6, 6.07) is 10.2. The summed E-state index contributed by atoms with van der Waals surface area (Å²) in [6.07, 6.45) is 4.11. The van der Waals surface area contributed by atoms with Crippen LogP contribution in [0.5, 0.6) is 0 Å². The molecular formula is C22H34N6O2. The fourth-order valence-corrected chi connectivity index (χ4v) is 2.74. The minimum absolute atomic E-state index is 0.392. The molecule has 8 nitrogen and oxygen atoms in total. The highest BCUT2D eigenvalue weighted by Crippen LogP contribution is 2.11. The standard InChI is InChI=1S/C22H34N6O2/c1-5-23-20(24-12-8-13-25-21(29)30-22(2,3)4)26-16-18-10-6-7-11-19(18)17-28-15-9-14-27-28/h6-7,9-11,14-15H,5,8,12-13,16-17H2,1-4H3,(H,25,29)(H2,23,24,26). The number of carbonyl (C=O) groups is 1. The van der Waals surface area contributed by atoms with Crippen LogP contribution >= 0.6 is 0 Å². The van der Waals surface area contributed by atoms with Crippen molar-refractivity contribution < 1.29 is 9.53 Å². The van der Waals surface area contributed by atoms with E-state index in [2.05, 4.69) is 33.2 Å².